The summed E-state index contributed by atoms with van der Waals surface area (Å²) in [5.41, 5.74) is 3.31. The second-order valence-electron chi connectivity index (χ2n) is 5.89. The summed E-state index contributed by atoms with van der Waals surface area (Å²) in [4.78, 5) is 11.6. The van der Waals surface area contributed by atoms with Gasteiger partial charge < -0.3 is 0 Å². The van der Waals surface area contributed by atoms with Gasteiger partial charge in [0.1, 0.15) is 13.9 Å². The molecule has 0 aliphatic heterocycles. The predicted molar refractivity (Wildman–Crippen MR) is 67.3 cm³/mol. The first kappa shape index (κ1) is 12.5. The molecule has 1 rings (SSSR count). The van der Waals surface area contributed by atoms with Crippen LogP contribution in [0.15, 0.2) is 0 Å². The second-order valence-corrected chi connectivity index (χ2v) is 10.6. The van der Waals surface area contributed by atoms with E-state index in [0.717, 1.165) is 32.1 Å². The first-order valence-corrected chi connectivity index (χ1v) is 9.37. The van der Waals surface area contributed by atoms with E-state index in [1.807, 2.05) is 0 Å². The molecule has 0 amide bonds. The van der Waals surface area contributed by atoms with E-state index in [0.29, 0.717) is 5.78 Å². The van der Waals surface area contributed by atoms with Crippen LogP contribution in [0.2, 0.25) is 19.6 Å². The van der Waals surface area contributed by atoms with Gasteiger partial charge in [0.2, 0.25) is 0 Å². The van der Waals surface area contributed by atoms with Crippen LogP contribution in [0.1, 0.15) is 39.0 Å². The SMILES string of the molecule is CC1(CCC#C[Si](C)(C)C)CCCC1=O. The summed E-state index contributed by atoms with van der Waals surface area (Å²) in [6.07, 6.45) is 4.80. The largest absolute Gasteiger partial charge is 0.299 e. The Balaban J connectivity index is 2.43. The average molecular weight is 222 g/mol. The molecule has 0 aromatic carbocycles. The van der Waals surface area contributed by atoms with Crippen molar-refractivity contribution < 1.29 is 4.79 Å². The van der Waals surface area contributed by atoms with Gasteiger partial charge >= 0.3 is 0 Å². The summed E-state index contributed by atoms with van der Waals surface area (Å²) < 4.78 is 0. The molecular formula is C13H22OSi. The van der Waals surface area contributed by atoms with Crippen molar-refractivity contribution in [3.8, 4) is 11.5 Å². The highest BCUT2D eigenvalue weighted by atomic mass is 28.3. The fraction of sp³-hybridized carbons (Fsp3) is 0.769. The molecule has 0 N–H and O–H groups in total. The number of ketones is 1. The molecule has 1 nitrogen and oxygen atoms in total. The number of hydrogen-bond donors (Lipinski definition) is 0. The molecule has 1 atom stereocenters. The van der Waals surface area contributed by atoms with Crippen LogP contribution in [0.5, 0.6) is 0 Å². The van der Waals surface area contributed by atoms with Crippen molar-refractivity contribution >= 4 is 13.9 Å². The van der Waals surface area contributed by atoms with Gasteiger partial charge in [0.05, 0.1) is 0 Å². The summed E-state index contributed by atoms with van der Waals surface area (Å²) in [5, 5.41) is 0. The molecule has 1 aliphatic rings. The van der Waals surface area contributed by atoms with Gasteiger partial charge in [-0.3, -0.25) is 4.79 Å². The van der Waals surface area contributed by atoms with Gasteiger partial charge in [-0.05, 0) is 19.3 Å². The zero-order valence-corrected chi connectivity index (χ0v) is 11.4. The van der Waals surface area contributed by atoms with Crippen LogP contribution in [0.25, 0.3) is 0 Å². The van der Waals surface area contributed by atoms with Gasteiger partial charge in [-0.15, -0.1) is 11.5 Å². The molecule has 84 valence electrons. The fourth-order valence-electron chi connectivity index (χ4n) is 2.01. The molecule has 0 aromatic rings. The van der Waals surface area contributed by atoms with Gasteiger partial charge in [0.15, 0.2) is 0 Å². The van der Waals surface area contributed by atoms with Gasteiger partial charge in [-0.1, -0.05) is 26.6 Å². The third-order valence-corrected chi connectivity index (χ3v) is 4.00. The Kier molecular flexibility index (Phi) is 3.78. The monoisotopic (exact) mass is 222 g/mol. The number of carbonyl (C=O) groups is 1. The lowest BCUT2D eigenvalue weighted by molar-refractivity contribution is -0.125. The molecule has 15 heavy (non-hydrogen) atoms. The lowest BCUT2D eigenvalue weighted by Gasteiger charge is -2.19. The molecule has 2 heteroatoms. The Morgan fingerprint density at radius 2 is 2.07 bits per heavy atom. The van der Waals surface area contributed by atoms with Crippen molar-refractivity contribution in [1.29, 1.82) is 0 Å². The summed E-state index contributed by atoms with van der Waals surface area (Å²) >= 11 is 0. The van der Waals surface area contributed by atoms with Crippen LogP contribution in [-0.4, -0.2) is 13.9 Å². The Hall–Kier alpha value is -0.553. The summed E-state index contributed by atoms with van der Waals surface area (Å²) in [6.45, 7) is 8.87. The summed E-state index contributed by atoms with van der Waals surface area (Å²) in [7, 11) is -1.22. The van der Waals surface area contributed by atoms with Crippen LogP contribution in [0.3, 0.4) is 0 Å². The maximum atomic E-state index is 11.6. The molecule has 0 bridgehead atoms. The molecule has 1 aliphatic carbocycles. The third-order valence-electron chi connectivity index (χ3n) is 3.07. The quantitative estimate of drug-likeness (QED) is 0.517. The maximum absolute atomic E-state index is 11.6. The molecular weight excluding hydrogens is 200 g/mol. The number of hydrogen-bond acceptors (Lipinski definition) is 1. The zero-order valence-electron chi connectivity index (χ0n) is 10.4. The predicted octanol–water partition coefficient (Wildman–Crippen LogP) is 3.41. The molecule has 1 saturated carbocycles. The molecule has 1 unspecified atom stereocenters. The Bertz CT molecular complexity index is 303. The van der Waals surface area contributed by atoms with E-state index in [9.17, 15) is 4.79 Å². The van der Waals surface area contributed by atoms with Crippen molar-refractivity contribution in [2.75, 3.05) is 0 Å². The molecule has 0 saturated heterocycles. The van der Waals surface area contributed by atoms with Gasteiger partial charge in [-0.25, -0.2) is 0 Å². The average Bonchev–Trinajstić information content (AvgIpc) is 2.41. The lowest BCUT2D eigenvalue weighted by atomic mass is 9.83. The van der Waals surface area contributed by atoms with E-state index in [1.165, 1.54) is 0 Å². The smallest absolute Gasteiger partial charge is 0.138 e. The first-order valence-electron chi connectivity index (χ1n) is 5.87. The highest BCUT2D eigenvalue weighted by molar-refractivity contribution is 6.83. The molecule has 1 fully saturated rings. The van der Waals surface area contributed by atoms with E-state index >= 15 is 0 Å². The van der Waals surface area contributed by atoms with Crippen molar-refractivity contribution in [2.24, 2.45) is 5.41 Å². The van der Waals surface area contributed by atoms with Crippen LogP contribution < -0.4 is 0 Å². The highest BCUT2D eigenvalue weighted by Crippen LogP contribution is 2.38. The van der Waals surface area contributed by atoms with E-state index in [-0.39, 0.29) is 5.41 Å². The number of rotatable bonds is 2. The molecule has 0 aromatic heterocycles. The molecule has 0 radical (unpaired) electrons. The zero-order chi connectivity index (χ0) is 11.5. The minimum Gasteiger partial charge on any atom is -0.299 e. The number of Topliss-reactive ketones (excluding diaryl/α,β-unsaturated/α-hetero) is 1. The van der Waals surface area contributed by atoms with E-state index in [4.69, 9.17) is 0 Å². The second kappa shape index (κ2) is 4.53. The minimum absolute atomic E-state index is 0.0475. The third kappa shape index (κ3) is 3.83. The van der Waals surface area contributed by atoms with Crippen molar-refractivity contribution in [1.82, 2.24) is 0 Å². The van der Waals surface area contributed by atoms with Crippen LogP contribution >= 0.6 is 0 Å². The van der Waals surface area contributed by atoms with Crippen LogP contribution in [0.4, 0.5) is 0 Å². The van der Waals surface area contributed by atoms with Gasteiger partial charge in [0, 0.05) is 18.3 Å². The normalized spacial score (nSPS) is 26.3. The van der Waals surface area contributed by atoms with Crippen molar-refractivity contribution in [3.05, 3.63) is 0 Å². The Morgan fingerprint density at radius 3 is 2.53 bits per heavy atom. The number of carbonyl (C=O) groups excluding carboxylic acids is 1. The summed E-state index contributed by atoms with van der Waals surface area (Å²) in [6, 6.07) is 0. The standard InChI is InChI=1S/C13H22OSi/c1-13(10-7-8-12(13)14)9-5-6-11-15(2,3)4/h5,7-10H2,1-4H3. The molecule has 0 spiro atoms. The van der Waals surface area contributed by atoms with E-state index < -0.39 is 8.07 Å². The van der Waals surface area contributed by atoms with Gasteiger partial charge in [0.25, 0.3) is 0 Å². The maximum Gasteiger partial charge on any atom is 0.138 e. The fourth-order valence-corrected chi connectivity index (χ4v) is 2.67. The molecule has 0 heterocycles. The minimum atomic E-state index is -1.22. The van der Waals surface area contributed by atoms with Crippen LogP contribution in [-0.2, 0) is 4.79 Å². The van der Waals surface area contributed by atoms with Gasteiger partial charge in [-0.2, -0.15) is 0 Å². The van der Waals surface area contributed by atoms with Crippen molar-refractivity contribution in [2.45, 2.75) is 58.7 Å². The topological polar surface area (TPSA) is 17.1 Å². The van der Waals surface area contributed by atoms with E-state index in [1.54, 1.807) is 0 Å². The van der Waals surface area contributed by atoms with Crippen molar-refractivity contribution in [3.63, 3.8) is 0 Å². The lowest BCUT2D eigenvalue weighted by Crippen LogP contribution is -2.21. The Morgan fingerprint density at radius 1 is 1.40 bits per heavy atom. The first-order chi connectivity index (χ1) is 6.83. The highest BCUT2D eigenvalue weighted by Gasteiger charge is 2.36. The summed E-state index contributed by atoms with van der Waals surface area (Å²) in [5.74, 6) is 3.71. The Labute approximate surface area is 94.7 Å². The van der Waals surface area contributed by atoms with Crippen LogP contribution in [0, 0.1) is 16.9 Å². The van der Waals surface area contributed by atoms with E-state index in [2.05, 4.69) is 38.0 Å².